The number of hydrogen-bond acceptors (Lipinski definition) is 4. The van der Waals surface area contributed by atoms with Gasteiger partial charge in [0.05, 0.1) is 13.2 Å². The average molecular weight is 226 g/mol. The Hall–Kier alpha value is -0.940. The van der Waals surface area contributed by atoms with Crippen molar-refractivity contribution in [1.82, 2.24) is 20.1 Å². The number of hydrogen-bond donors (Lipinski definition) is 1. The van der Waals surface area contributed by atoms with E-state index in [1.54, 1.807) is 6.33 Å². The summed E-state index contributed by atoms with van der Waals surface area (Å²) < 4.78 is 7.50. The van der Waals surface area contributed by atoms with E-state index in [0.717, 1.165) is 38.7 Å². The Kier molecular flexibility index (Phi) is 6.03. The van der Waals surface area contributed by atoms with Crippen molar-refractivity contribution in [3.8, 4) is 0 Å². The first kappa shape index (κ1) is 13.1. The molecule has 0 aromatic carbocycles. The number of nitrogens with one attached hydrogen (secondary N) is 1. The molecule has 0 unspecified atom stereocenters. The predicted octanol–water partition coefficient (Wildman–Crippen LogP) is 1.06. The molecule has 0 fully saturated rings. The van der Waals surface area contributed by atoms with Crippen molar-refractivity contribution in [2.75, 3.05) is 19.8 Å². The maximum atomic E-state index is 5.47. The van der Waals surface area contributed by atoms with E-state index in [1.165, 1.54) is 0 Å². The molecule has 0 saturated heterocycles. The third kappa shape index (κ3) is 4.72. The van der Waals surface area contributed by atoms with Gasteiger partial charge in [-0.1, -0.05) is 13.8 Å². The Labute approximate surface area is 97.2 Å². The lowest BCUT2D eigenvalue weighted by atomic mass is 10.2. The normalized spacial score (nSPS) is 11.2. The molecule has 16 heavy (non-hydrogen) atoms. The van der Waals surface area contributed by atoms with Crippen LogP contribution in [0.4, 0.5) is 0 Å². The van der Waals surface area contributed by atoms with Crippen LogP contribution in [0, 0.1) is 5.92 Å². The molecule has 0 saturated carbocycles. The van der Waals surface area contributed by atoms with Gasteiger partial charge < -0.3 is 14.6 Å². The molecule has 1 rings (SSSR count). The minimum atomic E-state index is 0.600. The highest BCUT2D eigenvalue weighted by Crippen LogP contribution is 1.94. The number of rotatable bonds is 8. The second kappa shape index (κ2) is 7.35. The second-order valence-electron chi connectivity index (χ2n) is 4.18. The number of nitrogens with zero attached hydrogens (tertiary/aromatic N) is 3. The van der Waals surface area contributed by atoms with Gasteiger partial charge in [-0.15, -0.1) is 10.2 Å². The lowest BCUT2D eigenvalue weighted by Gasteiger charge is -2.08. The molecule has 92 valence electrons. The Morgan fingerprint density at radius 3 is 3.00 bits per heavy atom. The molecular weight excluding hydrogens is 204 g/mol. The fourth-order valence-corrected chi connectivity index (χ4v) is 1.34. The van der Waals surface area contributed by atoms with Crippen LogP contribution in [-0.2, 0) is 17.8 Å². The van der Waals surface area contributed by atoms with Crippen molar-refractivity contribution in [3.05, 3.63) is 12.2 Å². The molecular formula is C11H22N4O. The molecule has 0 aliphatic rings. The summed E-state index contributed by atoms with van der Waals surface area (Å²) >= 11 is 0. The van der Waals surface area contributed by atoms with E-state index < -0.39 is 0 Å². The van der Waals surface area contributed by atoms with Crippen LogP contribution in [0.5, 0.6) is 0 Å². The maximum absolute atomic E-state index is 5.47. The van der Waals surface area contributed by atoms with Gasteiger partial charge in [-0.3, -0.25) is 0 Å². The Morgan fingerprint density at radius 2 is 2.31 bits per heavy atom. The van der Waals surface area contributed by atoms with Crippen LogP contribution in [0.1, 0.15) is 26.6 Å². The highest BCUT2D eigenvalue weighted by atomic mass is 16.5. The molecule has 0 amide bonds. The van der Waals surface area contributed by atoms with Crippen molar-refractivity contribution >= 4 is 0 Å². The average Bonchev–Trinajstić information content (AvgIpc) is 2.70. The minimum absolute atomic E-state index is 0.600. The van der Waals surface area contributed by atoms with Crippen LogP contribution in [0.25, 0.3) is 0 Å². The lowest BCUT2D eigenvalue weighted by molar-refractivity contribution is 0.111. The van der Waals surface area contributed by atoms with E-state index in [0.29, 0.717) is 5.92 Å². The topological polar surface area (TPSA) is 52.0 Å². The molecule has 1 aromatic heterocycles. The van der Waals surface area contributed by atoms with Gasteiger partial charge in [0.25, 0.3) is 0 Å². The summed E-state index contributed by atoms with van der Waals surface area (Å²) in [6.45, 7) is 10.5. The molecule has 0 aliphatic carbocycles. The first-order valence-corrected chi connectivity index (χ1v) is 5.89. The van der Waals surface area contributed by atoms with Crippen LogP contribution in [0.15, 0.2) is 6.33 Å². The SMILES string of the molecule is CCn1cnnc1CNCCOCC(C)C. The standard InChI is InChI=1S/C11H22N4O/c1-4-15-9-13-14-11(15)7-12-5-6-16-8-10(2)3/h9-10,12H,4-8H2,1-3H3. The van der Waals surface area contributed by atoms with Crippen molar-refractivity contribution in [2.24, 2.45) is 5.92 Å². The van der Waals surface area contributed by atoms with Gasteiger partial charge in [-0.05, 0) is 12.8 Å². The number of aryl methyl sites for hydroxylation is 1. The molecule has 5 nitrogen and oxygen atoms in total. The fraction of sp³-hybridized carbons (Fsp3) is 0.818. The fourth-order valence-electron chi connectivity index (χ4n) is 1.34. The van der Waals surface area contributed by atoms with Gasteiger partial charge in [-0.2, -0.15) is 0 Å². The van der Waals surface area contributed by atoms with Crippen LogP contribution in [0.2, 0.25) is 0 Å². The zero-order chi connectivity index (χ0) is 11.8. The first-order valence-electron chi connectivity index (χ1n) is 5.89. The van der Waals surface area contributed by atoms with Gasteiger partial charge >= 0.3 is 0 Å². The monoisotopic (exact) mass is 226 g/mol. The number of ether oxygens (including phenoxy) is 1. The molecule has 5 heteroatoms. The van der Waals surface area contributed by atoms with E-state index in [4.69, 9.17) is 4.74 Å². The van der Waals surface area contributed by atoms with E-state index in [-0.39, 0.29) is 0 Å². The molecule has 1 N–H and O–H groups in total. The highest BCUT2D eigenvalue weighted by Gasteiger charge is 2.01. The summed E-state index contributed by atoms with van der Waals surface area (Å²) in [5, 5.41) is 11.2. The van der Waals surface area contributed by atoms with Crippen LogP contribution in [-0.4, -0.2) is 34.5 Å². The molecule has 0 radical (unpaired) electrons. The Morgan fingerprint density at radius 1 is 1.50 bits per heavy atom. The van der Waals surface area contributed by atoms with Gasteiger partial charge in [0.15, 0.2) is 0 Å². The third-order valence-corrected chi connectivity index (χ3v) is 2.19. The van der Waals surface area contributed by atoms with Crippen LogP contribution >= 0.6 is 0 Å². The summed E-state index contributed by atoms with van der Waals surface area (Å²) in [7, 11) is 0. The largest absolute Gasteiger partial charge is 0.380 e. The van der Waals surface area contributed by atoms with Gasteiger partial charge in [-0.25, -0.2) is 0 Å². The quantitative estimate of drug-likeness (QED) is 0.673. The third-order valence-electron chi connectivity index (χ3n) is 2.19. The molecule has 0 bridgehead atoms. The summed E-state index contributed by atoms with van der Waals surface area (Å²) in [4.78, 5) is 0. The van der Waals surface area contributed by atoms with E-state index in [9.17, 15) is 0 Å². The predicted molar refractivity (Wildman–Crippen MR) is 63.1 cm³/mol. The van der Waals surface area contributed by atoms with Crippen molar-refractivity contribution in [3.63, 3.8) is 0 Å². The number of aromatic nitrogens is 3. The first-order chi connectivity index (χ1) is 7.74. The molecule has 0 aliphatic heterocycles. The van der Waals surface area contributed by atoms with E-state index >= 15 is 0 Å². The molecule has 0 atom stereocenters. The van der Waals surface area contributed by atoms with Crippen LogP contribution in [0.3, 0.4) is 0 Å². The zero-order valence-corrected chi connectivity index (χ0v) is 10.4. The summed E-state index contributed by atoms with van der Waals surface area (Å²) in [5.41, 5.74) is 0. The van der Waals surface area contributed by atoms with Crippen molar-refractivity contribution < 1.29 is 4.74 Å². The Bertz CT molecular complexity index is 285. The van der Waals surface area contributed by atoms with E-state index in [1.807, 2.05) is 4.57 Å². The zero-order valence-electron chi connectivity index (χ0n) is 10.4. The maximum Gasteiger partial charge on any atom is 0.146 e. The Balaban J connectivity index is 2.07. The van der Waals surface area contributed by atoms with Crippen LogP contribution < -0.4 is 5.32 Å². The van der Waals surface area contributed by atoms with Gasteiger partial charge in [0.2, 0.25) is 0 Å². The smallest absolute Gasteiger partial charge is 0.146 e. The molecule has 1 aromatic rings. The molecule has 1 heterocycles. The van der Waals surface area contributed by atoms with E-state index in [2.05, 4.69) is 36.3 Å². The minimum Gasteiger partial charge on any atom is -0.380 e. The van der Waals surface area contributed by atoms with Gasteiger partial charge in [0, 0.05) is 19.7 Å². The summed E-state index contributed by atoms with van der Waals surface area (Å²) in [6, 6.07) is 0. The van der Waals surface area contributed by atoms with Crippen molar-refractivity contribution in [2.45, 2.75) is 33.9 Å². The van der Waals surface area contributed by atoms with Gasteiger partial charge in [0.1, 0.15) is 12.2 Å². The second-order valence-corrected chi connectivity index (χ2v) is 4.18. The summed E-state index contributed by atoms with van der Waals surface area (Å²) in [5.74, 6) is 1.58. The lowest BCUT2D eigenvalue weighted by Crippen LogP contribution is -2.22. The summed E-state index contributed by atoms with van der Waals surface area (Å²) in [6.07, 6.45) is 1.76. The molecule has 0 spiro atoms. The highest BCUT2D eigenvalue weighted by molar-refractivity contribution is 4.84. The van der Waals surface area contributed by atoms with Crippen molar-refractivity contribution in [1.29, 1.82) is 0 Å².